The molecule has 1 amide bonds. The molecular formula is C22H33N3O5S. The summed E-state index contributed by atoms with van der Waals surface area (Å²) < 4.78 is 31.3. The predicted molar refractivity (Wildman–Crippen MR) is 119 cm³/mol. The zero-order chi connectivity index (χ0) is 22.8. The zero-order valence-corrected chi connectivity index (χ0v) is 19.6. The fourth-order valence-corrected chi connectivity index (χ4v) is 4.40. The van der Waals surface area contributed by atoms with E-state index in [0.717, 1.165) is 31.1 Å². The maximum atomic E-state index is 13.4. The van der Waals surface area contributed by atoms with E-state index in [1.54, 1.807) is 18.0 Å². The van der Waals surface area contributed by atoms with E-state index < -0.39 is 16.1 Å². The summed E-state index contributed by atoms with van der Waals surface area (Å²) in [4.78, 5) is 19.5. The molecular weight excluding hydrogens is 418 g/mol. The van der Waals surface area contributed by atoms with Crippen molar-refractivity contribution in [2.75, 3.05) is 33.0 Å². The first-order valence-electron chi connectivity index (χ1n) is 10.8. The second kappa shape index (κ2) is 9.67. The third-order valence-corrected chi connectivity index (χ3v) is 7.47. The second-order valence-corrected chi connectivity index (χ2v) is 10.8. The lowest BCUT2D eigenvalue weighted by molar-refractivity contribution is 0.0373. The molecule has 1 aromatic heterocycles. The molecule has 8 nitrogen and oxygen atoms in total. The Balaban J connectivity index is 2.02. The van der Waals surface area contributed by atoms with Gasteiger partial charge in [-0.05, 0) is 49.8 Å². The summed E-state index contributed by atoms with van der Waals surface area (Å²) in [7, 11) is -1.88. The number of sulfonamides is 1. The monoisotopic (exact) mass is 451 g/mol. The van der Waals surface area contributed by atoms with Crippen LogP contribution in [-0.4, -0.2) is 78.8 Å². The normalized spacial score (nSPS) is 23.5. The topological polar surface area (TPSA) is 100 Å². The molecule has 2 heterocycles. The molecule has 172 valence electrons. The molecule has 3 atom stereocenters. The molecule has 0 bridgehead atoms. The van der Waals surface area contributed by atoms with Crippen molar-refractivity contribution in [3.05, 3.63) is 29.5 Å². The summed E-state index contributed by atoms with van der Waals surface area (Å²) in [6.07, 6.45) is 8.83. The van der Waals surface area contributed by atoms with E-state index in [9.17, 15) is 18.3 Å². The highest BCUT2D eigenvalue weighted by molar-refractivity contribution is 7.88. The van der Waals surface area contributed by atoms with Crippen LogP contribution in [0.1, 0.15) is 55.5 Å². The summed E-state index contributed by atoms with van der Waals surface area (Å²) >= 11 is 0. The number of aliphatic hydroxyl groups is 1. The highest BCUT2D eigenvalue weighted by Crippen LogP contribution is 2.32. The van der Waals surface area contributed by atoms with Crippen LogP contribution in [-0.2, 0) is 10.0 Å². The molecule has 0 saturated carbocycles. The van der Waals surface area contributed by atoms with E-state index >= 15 is 0 Å². The number of ether oxygens (including phenoxy) is 1. The van der Waals surface area contributed by atoms with Gasteiger partial charge in [0, 0.05) is 25.7 Å². The number of pyridine rings is 1. The van der Waals surface area contributed by atoms with Crippen LogP contribution in [0.2, 0.25) is 0 Å². The van der Waals surface area contributed by atoms with Gasteiger partial charge in [-0.25, -0.2) is 17.7 Å². The van der Waals surface area contributed by atoms with E-state index in [1.807, 2.05) is 13.0 Å². The lowest BCUT2D eigenvalue weighted by Crippen LogP contribution is -2.50. The number of amides is 1. The molecule has 1 aromatic rings. The molecule has 0 fully saturated rings. The Kier molecular flexibility index (Phi) is 7.39. The van der Waals surface area contributed by atoms with Gasteiger partial charge in [-0.15, -0.1) is 0 Å². The summed E-state index contributed by atoms with van der Waals surface area (Å²) in [5.74, 6) is -0.194. The van der Waals surface area contributed by atoms with Gasteiger partial charge in [0.2, 0.25) is 15.9 Å². The Morgan fingerprint density at radius 2 is 2.13 bits per heavy atom. The molecule has 0 aromatic carbocycles. The summed E-state index contributed by atoms with van der Waals surface area (Å²) in [5.41, 5.74) is 2.44. The Morgan fingerprint density at radius 3 is 2.74 bits per heavy atom. The number of carbonyl (C=O) groups excluding carboxylic acids is 1. The Hall–Kier alpha value is -1.97. The lowest BCUT2D eigenvalue weighted by atomic mass is 9.93. The minimum absolute atomic E-state index is 0.142. The third-order valence-electron chi connectivity index (χ3n) is 6.19. The highest BCUT2D eigenvalue weighted by atomic mass is 32.2. The standard InChI is InChI=1S/C22H33N3O5S/c1-15-12-25(16(2)14-26)22(27)19-10-18(17-8-6-5-7-9-17)11-23-21(19)30-20(15)13-24(3)31(4,28)29/h8,10-11,15-16,20,26H,5-7,9,12-14H2,1-4H3/t15-,16+,20-/m0/s1. The Bertz CT molecular complexity index is 946. The van der Waals surface area contributed by atoms with Gasteiger partial charge < -0.3 is 14.7 Å². The molecule has 2 aliphatic rings. The first-order chi connectivity index (χ1) is 14.6. The van der Waals surface area contributed by atoms with Crippen molar-refractivity contribution < 1.29 is 23.1 Å². The fourth-order valence-electron chi connectivity index (χ4n) is 3.98. The summed E-state index contributed by atoms with van der Waals surface area (Å²) in [6, 6.07) is 1.44. The number of aromatic nitrogens is 1. The quantitative estimate of drug-likeness (QED) is 0.711. The van der Waals surface area contributed by atoms with Gasteiger partial charge in [0.1, 0.15) is 11.7 Å². The van der Waals surface area contributed by atoms with Crippen LogP contribution >= 0.6 is 0 Å². The van der Waals surface area contributed by atoms with E-state index in [0.29, 0.717) is 12.1 Å². The molecule has 31 heavy (non-hydrogen) atoms. The first kappa shape index (κ1) is 23.7. The van der Waals surface area contributed by atoms with Crippen LogP contribution in [0.25, 0.3) is 5.57 Å². The van der Waals surface area contributed by atoms with Gasteiger partial charge in [0.25, 0.3) is 5.91 Å². The van der Waals surface area contributed by atoms with Crippen molar-refractivity contribution in [3.8, 4) is 5.88 Å². The predicted octanol–water partition coefficient (Wildman–Crippen LogP) is 2.15. The smallest absolute Gasteiger partial charge is 0.259 e. The minimum atomic E-state index is -3.39. The SMILES string of the molecule is C[C@H](CO)N1C[C@H](C)[C@H](CN(C)S(C)(=O)=O)Oc2ncc(C3=CCCCC3)cc2C1=O. The van der Waals surface area contributed by atoms with E-state index in [4.69, 9.17) is 4.74 Å². The van der Waals surface area contributed by atoms with Gasteiger partial charge in [-0.1, -0.05) is 13.0 Å². The molecule has 0 radical (unpaired) electrons. The summed E-state index contributed by atoms with van der Waals surface area (Å²) in [5, 5.41) is 9.74. The average molecular weight is 452 g/mol. The van der Waals surface area contributed by atoms with Crippen LogP contribution in [0, 0.1) is 5.92 Å². The van der Waals surface area contributed by atoms with Crippen molar-refractivity contribution >= 4 is 21.5 Å². The third kappa shape index (κ3) is 5.45. The Labute approximate surface area is 185 Å². The van der Waals surface area contributed by atoms with Crippen LogP contribution in [0.4, 0.5) is 0 Å². The van der Waals surface area contributed by atoms with Crippen LogP contribution in [0.3, 0.4) is 0 Å². The molecule has 0 unspecified atom stereocenters. The number of nitrogens with zero attached hydrogens (tertiary/aromatic N) is 3. The summed E-state index contributed by atoms with van der Waals surface area (Å²) in [6.45, 7) is 4.03. The van der Waals surface area contributed by atoms with Crippen molar-refractivity contribution in [1.29, 1.82) is 0 Å². The molecule has 9 heteroatoms. The van der Waals surface area contributed by atoms with Crippen molar-refractivity contribution in [1.82, 2.24) is 14.2 Å². The zero-order valence-electron chi connectivity index (χ0n) is 18.7. The maximum Gasteiger partial charge on any atom is 0.259 e. The van der Waals surface area contributed by atoms with E-state index in [1.165, 1.54) is 23.3 Å². The molecule has 1 aliphatic heterocycles. The fraction of sp³-hybridized carbons (Fsp3) is 0.636. The number of likely N-dealkylation sites (N-methyl/N-ethyl adjacent to an activating group) is 1. The van der Waals surface area contributed by atoms with Crippen molar-refractivity contribution in [2.24, 2.45) is 5.92 Å². The largest absolute Gasteiger partial charge is 0.472 e. The van der Waals surface area contributed by atoms with Gasteiger partial charge >= 0.3 is 0 Å². The number of fused-ring (bicyclic) bond motifs is 1. The van der Waals surface area contributed by atoms with Crippen LogP contribution in [0.5, 0.6) is 5.88 Å². The molecule has 0 saturated heterocycles. The van der Waals surface area contributed by atoms with E-state index in [2.05, 4.69) is 11.1 Å². The minimum Gasteiger partial charge on any atom is -0.472 e. The number of hydrogen-bond donors (Lipinski definition) is 1. The van der Waals surface area contributed by atoms with Gasteiger partial charge in [0.15, 0.2) is 0 Å². The number of hydrogen-bond acceptors (Lipinski definition) is 6. The number of rotatable bonds is 6. The van der Waals surface area contributed by atoms with Gasteiger partial charge in [-0.3, -0.25) is 4.79 Å². The van der Waals surface area contributed by atoms with Crippen molar-refractivity contribution in [3.63, 3.8) is 0 Å². The second-order valence-electron chi connectivity index (χ2n) is 8.72. The molecule has 3 rings (SSSR count). The number of carbonyl (C=O) groups is 1. The average Bonchev–Trinajstić information content (AvgIpc) is 2.75. The maximum absolute atomic E-state index is 13.4. The number of aliphatic hydroxyl groups excluding tert-OH is 1. The molecule has 1 aliphatic carbocycles. The molecule has 1 N–H and O–H groups in total. The number of allylic oxidation sites excluding steroid dienone is 2. The highest BCUT2D eigenvalue weighted by Gasteiger charge is 2.35. The first-order valence-corrected chi connectivity index (χ1v) is 12.7. The van der Waals surface area contributed by atoms with Gasteiger partial charge in [0.05, 0.1) is 25.4 Å². The van der Waals surface area contributed by atoms with Crippen LogP contribution < -0.4 is 4.74 Å². The van der Waals surface area contributed by atoms with Crippen molar-refractivity contribution in [2.45, 2.75) is 51.7 Å². The van der Waals surface area contributed by atoms with Gasteiger partial charge in [-0.2, -0.15) is 0 Å². The Morgan fingerprint density at radius 1 is 1.39 bits per heavy atom. The van der Waals surface area contributed by atoms with E-state index in [-0.39, 0.29) is 36.9 Å². The lowest BCUT2D eigenvalue weighted by Gasteiger charge is -2.37. The molecule has 0 spiro atoms. The van der Waals surface area contributed by atoms with Crippen LogP contribution in [0.15, 0.2) is 18.3 Å².